The molecule has 0 N–H and O–H groups in total. The van der Waals surface area contributed by atoms with Gasteiger partial charge in [0.05, 0.1) is 24.3 Å². The average molecular weight is 287 g/mol. The molecular weight excluding hydrogens is 262 g/mol. The molecule has 0 bridgehead atoms. The predicted octanol–water partition coefficient (Wildman–Crippen LogP) is 2.76. The maximum atomic E-state index is 9.08. The first-order valence-electron chi connectivity index (χ1n) is 7.57. The van der Waals surface area contributed by atoms with E-state index in [9.17, 15) is 0 Å². The minimum atomic E-state index is -0.222. The van der Waals surface area contributed by atoms with E-state index in [0.717, 1.165) is 44.9 Å². The van der Waals surface area contributed by atoms with E-state index in [0.29, 0.717) is 0 Å². The summed E-state index contributed by atoms with van der Waals surface area (Å²) in [6, 6.07) is 10.6. The lowest BCUT2D eigenvalue weighted by molar-refractivity contribution is 0.229. The molecule has 0 aromatic heterocycles. The second-order valence-corrected chi connectivity index (χ2v) is 6.25. The third-order valence-corrected chi connectivity index (χ3v) is 4.15. The zero-order valence-electron chi connectivity index (χ0n) is 13.3. The van der Waals surface area contributed by atoms with Gasteiger partial charge in [0.25, 0.3) is 0 Å². The van der Waals surface area contributed by atoms with E-state index in [1.807, 2.05) is 26.0 Å². The molecule has 4 heteroatoms. The van der Waals surface area contributed by atoms with Gasteiger partial charge in [-0.3, -0.25) is 4.90 Å². The molecule has 21 heavy (non-hydrogen) atoms. The highest BCUT2D eigenvalue weighted by molar-refractivity contribution is 5.58. The third kappa shape index (κ3) is 4.12. The zero-order valence-corrected chi connectivity index (χ0v) is 13.3. The number of rotatable bonds is 5. The zero-order chi connectivity index (χ0) is 15.3. The molecular formula is C17H25N3O. The molecule has 1 aromatic rings. The van der Waals surface area contributed by atoms with Crippen molar-refractivity contribution in [1.29, 1.82) is 5.26 Å². The van der Waals surface area contributed by atoms with Gasteiger partial charge in [-0.05, 0) is 38.9 Å². The Kier molecular flexibility index (Phi) is 5.08. The number of piperazine rings is 1. The van der Waals surface area contributed by atoms with Crippen molar-refractivity contribution in [3.63, 3.8) is 0 Å². The number of hydrogen-bond donors (Lipinski definition) is 0. The number of para-hydroxylation sites is 2. The van der Waals surface area contributed by atoms with Crippen LogP contribution in [0.15, 0.2) is 24.3 Å². The van der Waals surface area contributed by atoms with Crippen LogP contribution in [0.1, 0.15) is 20.3 Å². The molecule has 0 saturated carbocycles. The van der Waals surface area contributed by atoms with Gasteiger partial charge in [-0.2, -0.15) is 5.26 Å². The molecule has 0 unspecified atom stereocenters. The summed E-state index contributed by atoms with van der Waals surface area (Å²) in [5, 5.41) is 9.08. The molecule has 0 spiro atoms. The van der Waals surface area contributed by atoms with Crippen molar-refractivity contribution in [3.8, 4) is 11.8 Å². The van der Waals surface area contributed by atoms with Gasteiger partial charge < -0.3 is 9.64 Å². The summed E-state index contributed by atoms with van der Waals surface area (Å²) in [6.45, 7) is 9.12. The number of benzene rings is 1. The van der Waals surface area contributed by atoms with E-state index < -0.39 is 0 Å². The van der Waals surface area contributed by atoms with Crippen LogP contribution >= 0.6 is 0 Å². The fraction of sp³-hybridized carbons (Fsp3) is 0.588. The van der Waals surface area contributed by atoms with E-state index in [2.05, 4.69) is 28.0 Å². The Morgan fingerprint density at radius 2 is 1.86 bits per heavy atom. The number of methoxy groups -OCH3 is 1. The van der Waals surface area contributed by atoms with Crippen molar-refractivity contribution in [1.82, 2.24) is 4.90 Å². The molecule has 1 fully saturated rings. The minimum absolute atomic E-state index is 0.222. The number of hydrogen-bond acceptors (Lipinski definition) is 4. The Morgan fingerprint density at radius 1 is 1.19 bits per heavy atom. The molecule has 1 heterocycles. The first-order chi connectivity index (χ1) is 10.1. The topological polar surface area (TPSA) is 39.5 Å². The summed E-state index contributed by atoms with van der Waals surface area (Å²) in [6.07, 6.45) is 0.929. The van der Waals surface area contributed by atoms with E-state index in [1.54, 1.807) is 7.11 Å². The van der Waals surface area contributed by atoms with Crippen LogP contribution in [0, 0.1) is 16.7 Å². The lowest BCUT2D eigenvalue weighted by Crippen LogP contribution is -2.47. The Morgan fingerprint density at radius 3 is 2.48 bits per heavy atom. The van der Waals surface area contributed by atoms with E-state index in [-0.39, 0.29) is 5.41 Å². The van der Waals surface area contributed by atoms with Gasteiger partial charge in [0, 0.05) is 26.2 Å². The molecule has 1 saturated heterocycles. The fourth-order valence-corrected chi connectivity index (χ4v) is 2.60. The highest BCUT2D eigenvalue weighted by atomic mass is 16.5. The van der Waals surface area contributed by atoms with E-state index >= 15 is 0 Å². The molecule has 0 atom stereocenters. The van der Waals surface area contributed by atoms with Crippen LogP contribution in [-0.4, -0.2) is 44.7 Å². The summed E-state index contributed by atoms with van der Waals surface area (Å²) in [5.41, 5.74) is 0.955. The number of anilines is 1. The van der Waals surface area contributed by atoms with E-state index in [4.69, 9.17) is 10.00 Å². The summed E-state index contributed by atoms with van der Waals surface area (Å²) < 4.78 is 5.44. The summed E-state index contributed by atoms with van der Waals surface area (Å²) in [4.78, 5) is 4.83. The molecule has 0 amide bonds. The molecule has 114 valence electrons. The van der Waals surface area contributed by atoms with Crippen molar-refractivity contribution in [2.45, 2.75) is 20.3 Å². The predicted molar refractivity (Wildman–Crippen MR) is 85.7 cm³/mol. The first kappa shape index (κ1) is 15.7. The molecule has 4 nitrogen and oxygen atoms in total. The molecule has 1 aliphatic heterocycles. The van der Waals surface area contributed by atoms with Crippen LogP contribution in [0.4, 0.5) is 5.69 Å². The standard InChI is InChI=1S/C17H25N3O/c1-17(2,14-18)8-9-19-10-12-20(13-11-19)15-6-4-5-7-16(15)21-3/h4-7H,8-13H2,1-3H3. The summed E-state index contributed by atoms with van der Waals surface area (Å²) in [5.74, 6) is 0.941. The van der Waals surface area contributed by atoms with Crippen LogP contribution < -0.4 is 9.64 Å². The van der Waals surface area contributed by atoms with Gasteiger partial charge in [-0.1, -0.05) is 12.1 Å². The second kappa shape index (κ2) is 6.82. The van der Waals surface area contributed by atoms with Crippen LogP contribution in [-0.2, 0) is 0 Å². The fourth-order valence-electron chi connectivity index (χ4n) is 2.60. The minimum Gasteiger partial charge on any atom is -0.495 e. The van der Waals surface area contributed by atoms with Crippen molar-refractivity contribution in [3.05, 3.63) is 24.3 Å². The average Bonchev–Trinajstić information content (AvgIpc) is 2.53. The summed E-state index contributed by atoms with van der Waals surface area (Å²) >= 11 is 0. The molecule has 1 aromatic carbocycles. The highest BCUT2D eigenvalue weighted by Gasteiger charge is 2.22. The van der Waals surface area contributed by atoms with E-state index in [1.165, 1.54) is 5.69 Å². The van der Waals surface area contributed by atoms with Crippen LogP contribution in [0.2, 0.25) is 0 Å². The maximum absolute atomic E-state index is 9.08. The Hall–Kier alpha value is -1.73. The van der Waals surface area contributed by atoms with Gasteiger partial charge in [-0.25, -0.2) is 0 Å². The smallest absolute Gasteiger partial charge is 0.142 e. The Balaban J connectivity index is 1.87. The van der Waals surface area contributed by atoms with Gasteiger partial charge in [0.15, 0.2) is 0 Å². The van der Waals surface area contributed by atoms with Gasteiger partial charge in [0.1, 0.15) is 5.75 Å². The lowest BCUT2D eigenvalue weighted by atomic mass is 9.91. The maximum Gasteiger partial charge on any atom is 0.142 e. The van der Waals surface area contributed by atoms with Gasteiger partial charge in [0.2, 0.25) is 0 Å². The quantitative estimate of drug-likeness (QED) is 0.835. The number of nitriles is 1. The van der Waals surface area contributed by atoms with Crippen LogP contribution in [0.3, 0.4) is 0 Å². The molecule has 0 radical (unpaired) electrons. The van der Waals surface area contributed by atoms with Crippen molar-refractivity contribution in [2.24, 2.45) is 5.41 Å². The second-order valence-electron chi connectivity index (χ2n) is 6.25. The van der Waals surface area contributed by atoms with Crippen molar-refractivity contribution >= 4 is 5.69 Å². The monoisotopic (exact) mass is 287 g/mol. The van der Waals surface area contributed by atoms with Crippen LogP contribution in [0.25, 0.3) is 0 Å². The van der Waals surface area contributed by atoms with Gasteiger partial charge >= 0.3 is 0 Å². The van der Waals surface area contributed by atoms with Gasteiger partial charge in [-0.15, -0.1) is 0 Å². The number of ether oxygens (including phenoxy) is 1. The van der Waals surface area contributed by atoms with Crippen molar-refractivity contribution in [2.75, 3.05) is 44.7 Å². The Labute approximate surface area is 127 Å². The lowest BCUT2D eigenvalue weighted by Gasteiger charge is -2.37. The molecule has 1 aliphatic rings. The largest absolute Gasteiger partial charge is 0.495 e. The normalized spacial score (nSPS) is 16.6. The van der Waals surface area contributed by atoms with Crippen molar-refractivity contribution < 1.29 is 4.74 Å². The number of nitrogens with zero attached hydrogens (tertiary/aromatic N) is 3. The Bertz CT molecular complexity index is 499. The first-order valence-corrected chi connectivity index (χ1v) is 7.57. The highest BCUT2D eigenvalue weighted by Crippen LogP contribution is 2.28. The SMILES string of the molecule is COc1ccccc1N1CCN(CCC(C)(C)C#N)CC1. The van der Waals surface area contributed by atoms with Crippen LogP contribution in [0.5, 0.6) is 5.75 Å². The summed E-state index contributed by atoms with van der Waals surface area (Å²) in [7, 11) is 1.72. The molecule has 0 aliphatic carbocycles. The molecule has 2 rings (SSSR count). The third-order valence-electron chi connectivity index (χ3n) is 4.15.